The first-order valence-corrected chi connectivity index (χ1v) is 7.61. The highest BCUT2D eigenvalue weighted by Crippen LogP contribution is 2.27. The van der Waals surface area contributed by atoms with Crippen molar-refractivity contribution in [1.82, 2.24) is 19.7 Å². The number of aromatic nitrogens is 4. The Labute approximate surface area is 151 Å². The van der Waals surface area contributed by atoms with Crippen molar-refractivity contribution < 1.29 is 19.0 Å². The standard InChI is InChI=1S/C14H12Cl2FN5O3/c1-3-25-13(24)8(5-18-14-19-6-20-22(14)2)10(23)7-4-9(17)12(16)21-11(7)15/h4-6,23H,3H2,1-2H3. The van der Waals surface area contributed by atoms with E-state index in [2.05, 4.69) is 20.1 Å². The third-order valence-electron chi connectivity index (χ3n) is 2.89. The van der Waals surface area contributed by atoms with E-state index < -0.39 is 22.7 Å². The fraction of sp³-hybridized carbons (Fsp3) is 0.214. The van der Waals surface area contributed by atoms with Crippen LogP contribution in [-0.2, 0) is 16.6 Å². The summed E-state index contributed by atoms with van der Waals surface area (Å²) in [5.74, 6) is -2.31. The lowest BCUT2D eigenvalue weighted by Gasteiger charge is -2.08. The predicted molar refractivity (Wildman–Crippen MR) is 89.6 cm³/mol. The Balaban J connectivity index is 2.55. The van der Waals surface area contributed by atoms with Crippen LogP contribution in [0.3, 0.4) is 0 Å². The number of hydrogen-bond acceptors (Lipinski definition) is 7. The van der Waals surface area contributed by atoms with Gasteiger partial charge in [0.1, 0.15) is 22.8 Å². The van der Waals surface area contributed by atoms with E-state index in [9.17, 15) is 14.3 Å². The Hall–Kier alpha value is -2.52. The average molecular weight is 388 g/mol. The van der Waals surface area contributed by atoms with Crippen molar-refractivity contribution >= 4 is 47.1 Å². The van der Waals surface area contributed by atoms with E-state index >= 15 is 0 Å². The zero-order valence-corrected chi connectivity index (χ0v) is 14.6. The minimum absolute atomic E-state index is 0.0500. The first-order chi connectivity index (χ1) is 11.8. The number of carbonyl (C=O) groups is 1. The molecule has 0 radical (unpaired) electrons. The van der Waals surface area contributed by atoms with Crippen molar-refractivity contribution in [3.63, 3.8) is 0 Å². The molecule has 0 aromatic carbocycles. The maximum absolute atomic E-state index is 13.6. The monoisotopic (exact) mass is 387 g/mol. The summed E-state index contributed by atoms with van der Waals surface area (Å²) in [6.45, 7) is 1.64. The molecule has 0 amide bonds. The summed E-state index contributed by atoms with van der Waals surface area (Å²) in [5, 5.41) is 13.4. The molecule has 0 aliphatic heterocycles. The molecule has 0 fully saturated rings. The van der Waals surface area contributed by atoms with Gasteiger partial charge in [0.05, 0.1) is 12.2 Å². The van der Waals surface area contributed by atoms with E-state index in [1.54, 1.807) is 14.0 Å². The highest BCUT2D eigenvalue weighted by Gasteiger charge is 2.21. The number of carbonyl (C=O) groups excluding carboxylic acids is 1. The molecule has 0 aliphatic carbocycles. The summed E-state index contributed by atoms with van der Waals surface area (Å²) in [7, 11) is 1.59. The number of hydrogen-bond donors (Lipinski definition) is 1. The molecule has 2 rings (SSSR count). The number of pyridine rings is 1. The Bertz CT molecular complexity index is 866. The van der Waals surface area contributed by atoms with Crippen LogP contribution < -0.4 is 0 Å². The molecule has 2 aromatic rings. The summed E-state index contributed by atoms with van der Waals surface area (Å²) >= 11 is 11.4. The van der Waals surface area contributed by atoms with E-state index in [-0.39, 0.29) is 28.8 Å². The van der Waals surface area contributed by atoms with Crippen LogP contribution in [0.15, 0.2) is 23.0 Å². The van der Waals surface area contributed by atoms with Crippen molar-refractivity contribution in [2.75, 3.05) is 6.61 Å². The molecule has 0 spiro atoms. The maximum Gasteiger partial charge on any atom is 0.343 e. The molecule has 0 saturated heterocycles. The number of aliphatic imine (C=N–C) groups is 1. The number of aryl methyl sites for hydroxylation is 1. The molecule has 0 atom stereocenters. The highest BCUT2D eigenvalue weighted by molar-refractivity contribution is 6.34. The van der Waals surface area contributed by atoms with Gasteiger partial charge < -0.3 is 9.84 Å². The van der Waals surface area contributed by atoms with Crippen molar-refractivity contribution in [2.45, 2.75) is 6.92 Å². The molecule has 0 aliphatic rings. The topological polar surface area (TPSA) is 102 Å². The Morgan fingerprint density at radius 2 is 2.20 bits per heavy atom. The first kappa shape index (κ1) is 18.8. The average Bonchev–Trinajstić information content (AvgIpc) is 2.96. The molecular formula is C14H12Cl2FN5O3. The second-order valence-corrected chi connectivity index (χ2v) is 5.24. The van der Waals surface area contributed by atoms with Crippen LogP contribution in [0.2, 0.25) is 10.3 Å². The van der Waals surface area contributed by atoms with Gasteiger partial charge in [-0.2, -0.15) is 10.1 Å². The van der Waals surface area contributed by atoms with Crippen LogP contribution in [0, 0.1) is 5.82 Å². The zero-order chi connectivity index (χ0) is 18.6. The third-order valence-corrected chi connectivity index (χ3v) is 3.44. The number of esters is 1. The van der Waals surface area contributed by atoms with Crippen LogP contribution in [0.1, 0.15) is 12.5 Å². The fourth-order valence-electron chi connectivity index (χ4n) is 1.71. The van der Waals surface area contributed by atoms with Gasteiger partial charge in [0.2, 0.25) is 5.95 Å². The molecule has 2 heterocycles. The summed E-state index contributed by atoms with van der Waals surface area (Å²) < 4.78 is 19.8. The minimum atomic E-state index is -0.916. The molecule has 0 unspecified atom stereocenters. The minimum Gasteiger partial charge on any atom is -0.506 e. The number of aliphatic hydroxyl groups excluding tert-OH is 1. The number of nitrogens with zero attached hydrogens (tertiary/aromatic N) is 5. The normalized spacial score (nSPS) is 12.4. The summed E-state index contributed by atoms with van der Waals surface area (Å²) in [4.78, 5) is 23.5. The molecule has 2 aromatic heterocycles. The van der Waals surface area contributed by atoms with Crippen molar-refractivity contribution in [1.29, 1.82) is 0 Å². The fourth-order valence-corrected chi connectivity index (χ4v) is 2.12. The molecular weight excluding hydrogens is 376 g/mol. The molecule has 132 valence electrons. The quantitative estimate of drug-likeness (QED) is 0.278. The van der Waals surface area contributed by atoms with E-state index in [4.69, 9.17) is 27.9 Å². The third kappa shape index (κ3) is 4.31. The second-order valence-electron chi connectivity index (χ2n) is 4.52. The highest BCUT2D eigenvalue weighted by atomic mass is 35.5. The van der Waals surface area contributed by atoms with E-state index in [1.807, 2.05) is 0 Å². The zero-order valence-electron chi connectivity index (χ0n) is 13.1. The predicted octanol–water partition coefficient (Wildman–Crippen LogP) is 2.89. The van der Waals surface area contributed by atoms with Crippen molar-refractivity contribution in [3.8, 4) is 0 Å². The van der Waals surface area contributed by atoms with E-state index in [0.717, 1.165) is 12.3 Å². The van der Waals surface area contributed by atoms with E-state index in [0.29, 0.717) is 0 Å². The number of rotatable bonds is 5. The van der Waals surface area contributed by atoms with Gasteiger partial charge in [-0.15, -0.1) is 0 Å². The number of ether oxygens (including phenoxy) is 1. The van der Waals surface area contributed by atoms with Gasteiger partial charge in [0, 0.05) is 13.3 Å². The van der Waals surface area contributed by atoms with Crippen LogP contribution in [0.5, 0.6) is 0 Å². The van der Waals surface area contributed by atoms with Gasteiger partial charge in [-0.05, 0) is 13.0 Å². The van der Waals surface area contributed by atoms with Gasteiger partial charge in [0.25, 0.3) is 0 Å². The van der Waals surface area contributed by atoms with Gasteiger partial charge in [0.15, 0.2) is 11.0 Å². The maximum atomic E-state index is 13.6. The molecule has 1 N–H and O–H groups in total. The molecule has 8 nitrogen and oxygen atoms in total. The molecule has 11 heteroatoms. The van der Waals surface area contributed by atoms with Gasteiger partial charge in [-0.25, -0.2) is 23.8 Å². The Kier molecular flexibility index (Phi) is 6.05. The van der Waals surface area contributed by atoms with Crippen LogP contribution in [0.4, 0.5) is 10.3 Å². The first-order valence-electron chi connectivity index (χ1n) is 6.85. The van der Waals surface area contributed by atoms with Gasteiger partial charge >= 0.3 is 5.97 Å². The van der Waals surface area contributed by atoms with Gasteiger partial charge in [-0.3, -0.25) is 0 Å². The molecule has 0 bridgehead atoms. The Morgan fingerprint density at radius 1 is 1.48 bits per heavy atom. The van der Waals surface area contributed by atoms with Crippen LogP contribution in [0.25, 0.3) is 5.76 Å². The van der Waals surface area contributed by atoms with Crippen molar-refractivity contribution in [3.05, 3.63) is 39.7 Å². The summed E-state index contributed by atoms with van der Waals surface area (Å²) in [6, 6.07) is 0.850. The lowest BCUT2D eigenvalue weighted by Crippen LogP contribution is -2.12. The Morgan fingerprint density at radius 3 is 2.80 bits per heavy atom. The largest absolute Gasteiger partial charge is 0.506 e. The van der Waals surface area contributed by atoms with Crippen LogP contribution in [-0.4, -0.2) is 43.6 Å². The van der Waals surface area contributed by atoms with Crippen molar-refractivity contribution in [2.24, 2.45) is 12.0 Å². The summed E-state index contributed by atoms with van der Waals surface area (Å²) in [6.07, 6.45) is 2.27. The second kappa shape index (κ2) is 8.04. The summed E-state index contributed by atoms with van der Waals surface area (Å²) in [5.41, 5.74) is -0.605. The smallest absolute Gasteiger partial charge is 0.343 e. The number of aliphatic hydroxyl groups is 1. The van der Waals surface area contributed by atoms with E-state index in [1.165, 1.54) is 11.0 Å². The lowest BCUT2D eigenvalue weighted by atomic mass is 10.1. The SMILES string of the molecule is CCOC(=O)C(C=Nc1ncnn1C)=C(O)c1cc(F)c(Cl)nc1Cl. The number of halogens is 3. The molecule has 25 heavy (non-hydrogen) atoms. The van der Waals surface area contributed by atoms with Crippen LogP contribution >= 0.6 is 23.2 Å². The molecule has 0 saturated carbocycles. The lowest BCUT2D eigenvalue weighted by molar-refractivity contribution is -0.137. The van der Waals surface area contributed by atoms with Gasteiger partial charge in [-0.1, -0.05) is 23.2 Å².